The van der Waals surface area contributed by atoms with Gasteiger partial charge in [0.15, 0.2) is 12.1 Å². The summed E-state index contributed by atoms with van der Waals surface area (Å²) in [6.07, 6.45) is -3.56. The molecule has 3 atom stereocenters. The molecule has 1 saturated heterocycles. The van der Waals surface area contributed by atoms with Gasteiger partial charge in [-0.2, -0.15) is 0 Å². The van der Waals surface area contributed by atoms with Crippen molar-refractivity contribution < 1.29 is 24.5 Å². The summed E-state index contributed by atoms with van der Waals surface area (Å²) in [5.74, 6) is -0.522. The van der Waals surface area contributed by atoms with Crippen LogP contribution in [-0.2, 0) is 14.3 Å². The fraction of sp³-hybridized carbons (Fsp3) is 0.833. The molecule has 5 nitrogen and oxygen atoms in total. The number of aliphatic hydroxyl groups is 2. The Morgan fingerprint density at radius 3 is 2.82 bits per heavy atom. The summed E-state index contributed by atoms with van der Waals surface area (Å²) >= 11 is 0. The van der Waals surface area contributed by atoms with Crippen LogP contribution in [0.2, 0.25) is 0 Å². The van der Waals surface area contributed by atoms with E-state index in [-0.39, 0.29) is 6.61 Å². The van der Waals surface area contributed by atoms with E-state index in [1.165, 1.54) is 7.11 Å². The Morgan fingerprint density at radius 2 is 2.27 bits per heavy atom. The van der Waals surface area contributed by atoms with Crippen molar-refractivity contribution in [3.05, 3.63) is 0 Å². The number of Topliss-reactive ketones (excluding diaryl/α,β-unsaturated/α-hetero) is 1. The van der Waals surface area contributed by atoms with Gasteiger partial charge >= 0.3 is 0 Å². The van der Waals surface area contributed by atoms with Gasteiger partial charge in [0, 0.05) is 7.11 Å². The Kier molecular flexibility index (Phi) is 2.56. The minimum absolute atomic E-state index is 0.212. The van der Waals surface area contributed by atoms with Gasteiger partial charge in [-0.3, -0.25) is 4.79 Å². The van der Waals surface area contributed by atoms with E-state index in [4.69, 9.17) is 14.9 Å². The van der Waals surface area contributed by atoms with Gasteiger partial charge in [0.2, 0.25) is 0 Å². The fourth-order valence-corrected chi connectivity index (χ4v) is 0.895. The van der Waals surface area contributed by atoms with Crippen molar-refractivity contribution in [1.82, 2.24) is 0 Å². The molecule has 0 saturated carbocycles. The highest BCUT2D eigenvalue weighted by Gasteiger charge is 2.37. The number of methoxy groups -OCH3 is 1. The predicted molar refractivity (Wildman–Crippen MR) is 33.8 cm³/mol. The van der Waals surface area contributed by atoms with Crippen LogP contribution in [0, 0.1) is 0 Å². The Bertz CT molecular complexity index is 157. The van der Waals surface area contributed by atoms with Crippen LogP contribution in [-0.4, -0.2) is 48.2 Å². The molecule has 1 aliphatic heterocycles. The molecule has 1 fully saturated rings. The predicted octanol–water partition coefficient (Wildman–Crippen LogP) is -1.72. The lowest BCUT2D eigenvalue weighted by molar-refractivity contribution is -0.225. The first-order chi connectivity index (χ1) is 5.16. The summed E-state index contributed by atoms with van der Waals surface area (Å²) in [4.78, 5) is 10.7. The van der Waals surface area contributed by atoms with Crippen molar-refractivity contribution in [2.75, 3.05) is 13.7 Å². The number of ether oxygens (including phenoxy) is 2. The SMILES string of the molecule is COC1OCC(=O)C(O)C1O. The van der Waals surface area contributed by atoms with E-state index in [1.807, 2.05) is 0 Å². The van der Waals surface area contributed by atoms with Crippen LogP contribution in [0.3, 0.4) is 0 Å². The average molecular weight is 162 g/mol. The van der Waals surface area contributed by atoms with Crippen molar-refractivity contribution in [2.45, 2.75) is 18.5 Å². The molecule has 3 unspecified atom stereocenters. The highest BCUT2D eigenvalue weighted by Crippen LogP contribution is 2.12. The lowest BCUT2D eigenvalue weighted by atomic mass is 10.1. The summed E-state index contributed by atoms with van der Waals surface area (Å²) < 4.78 is 9.38. The molecule has 0 aliphatic carbocycles. The molecule has 0 radical (unpaired) electrons. The van der Waals surface area contributed by atoms with Crippen LogP contribution < -0.4 is 0 Å². The maximum absolute atomic E-state index is 10.7. The van der Waals surface area contributed by atoms with Gasteiger partial charge in [-0.05, 0) is 0 Å². The maximum Gasteiger partial charge on any atom is 0.189 e. The van der Waals surface area contributed by atoms with E-state index in [0.717, 1.165) is 0 Å². The van der Waals surface area contributed by atoms with Gasteiger partial charge in [-0.25, -0.2) is 0 Å². The van der Waals surface area contributed by atoms with Gasteiger partial charge in [0.05, 0.1) is 0 Å². The number of hydrogen-bond donors (Lipinski definition) is 2. The second kappa shape index (κ2) is 3.27. The molecule has 1 rings (SSSR count). The molecule has 1 heterocycles. The molecule has 0 aromatic carbocycles. The van der Waals surface area contributed by atoms with Crippen molar-refractivity contribution >= 4 is 5.78 Å². The van der Waals surface area contributed by atoms with Crippen molar-refractivity contribution in [3.63, 3.8) is 0 Å². The van der Waals surface area contributed by atoms with Crippen LogP contribution in [0.4, 0.5) is 0 Å². The van der Waals surface area contributed by atoms with Crippen LogP contribution in [0.25, 0.3) is 0 Å². The largest absolute Gasteiger partial charge is 0.385 e. The summed E-state index contributed by atoms with van der Waals surface area (Å²) in [5, 5.41) is 18.1. The number of aliphatic hydroxyl groups excluding tert-OH is 2. The minimum Gasteiger partial charge on any atom is -0.385 e. The number of carbonyl (C=O) groups excluding carboxylic acids is 1. The maximum atomic E-state index is 10.7. The molecule has 0 bridgehead atoms. The third-order valence-corrected chi connectivity index (χ3v) is 1.55. The third kappa shape index (κ3) is 1.57. The fourth-order valence-electron chi connectivity index (χ4n) is 0.895. The average Bonchev–Trinajstić information content (AvgIpc) is 2.01. The third-order valence-electron chi connectivity index (χ3n) is 1.55. The zero-order valence-corrected chi connectivity index (χ0v) is 6.06. The number of ketones is 1. The molecule has 5 heteroatoms. The summed E-state index contributed by atoms with van der Waals surface area (Å²) in [6.45, 7) is -0.212. The normalized spacial score (nSPS) is 39.2. The Morgan fingerprint density at radius 1 is 1.64 bits per heavy atom. The van der Waals surface area contributed by atoms with Crippen LogP contribution >= 0.6 is 0 Å². The summed E-state index contributed by atoms with van der Waals surface area (Å²) in [5.41, 5.74) is 0. The van der Waals surface area contributed by atoms with Crippen LogP contribution in [0.5, 0.6) is 0 Å². The minimum atomic E-state index is -1.38. The molecular weight excluding hydrogens is 152 g/mol. The number of hydrogen-bond acceptors (Lipinski definition) is 5. The zero-order chi connectivity index (χ0) is 8.43. The summed E-state index contributed by atoms with van der Waals surface area (Å²) in [6, 6.07) is 0. The molecule has 0 spiro atoms. The first-order valence-electron chi connectivity index (χ1n) is 3.20. The van der Waals surface area contributed by atoms with E-state index >= 15 is 0 Å². The molecular formula is C6H10O5. The number of carbonyl (C=O) groups is 1. The second-order valence-corrected chi connectivity index (χ2v) is 2.32. The standard InChI is InChI=1S/C6H10O5/c1-10-6-5(9)4(8)3(7)2-11-6/h4-6,8-9H,2H2,1H3. The lowest BCUT2D eigenvalue weighted by Gasteiger charge is -2.29. The second-order valence-electron chi connectivity index (χ2n) is 2.32. The Hall–Kier alpha value is -0.490. The van der Waals surface area contributed by atoms with Crippen LogP contribution in [0.1, 0.15) is 0 Å². The van der Waals surface area contributed by atoms with E-state index in [9.17, 15) is 4.79 Å². The van der Waals surface area contributed by atoms with Gasteiger partial charge in [0.25, 0.3) is 0 Å². The quantitative estimate of drug-likeness (QED) is 0.479. The van der Waals surface area contributed by atoms with E-state index in [0.29, 0.717) is 0 Å². The Labute approximate surface area is 63.5 Å². The van der Waals surface area contributed by atoms with Gasteiger partial charge in [-0.1, -0.05) is 0 Å². The van der Waals surface area contributed by atoms with Crippen molar-refractivity contribution in [1.29, 1.82) is 0 Å². The molecule has 2 N–H and O–H groups in total. The van der Waals surface area contributed by atoms with Gasteiger partial charge in [0.1, 0.15) is 18.8 Å². The zero-order valence-electron chi connectivity index (χ0n) is 6.06. The molecule has 11 heavy (non-hydrogen) atoms. The van der Waals surface area contributed by atoms with E-state index < -0.39 is 24.3 Å². The molecule has 64 valence electrons. The first-order valence-corrected chi connectivity index (χ1v) is 3.20. The van der Waals surface area contributed by atoms with Crippen molar-refractivity contribution in [3.8, 4) is 0 Å². The van der Waals surface area contributed by atoms with Gasteiger partial charge < -0.3 is 19.7 Å². The number of rotatable bonds is 1. The highest BCUT2D eigenvalue weighted by atomic mass is 16.7. The lowest BCUT2D eigenvalue weighted by Crippen LogP contribution is -2.51. The summed E-state index contributed by atoms with van der Waals surface area (Å²) in [7, 11) is 1.33. The first kappa shape index (κ1) is 8.61. The van der Waals surface area contributed by atoms with Crippen LogP contribution in [0.15, 0.2) is 0 Å². The van der Waals surface area contributed by atoms with E-state index in [2.05, 4.69) is 4.74 Å². The smallest absolute Gasteiger partial charge is 0.189 e. The molecule has 0 aromatic heterocycles. The molecule has 0 aromatic rings. The molecule has 0 amide bonds. The van der Waals surface area contributed by atoms with Gasteiger partial charge in [-0.15, -0.1) is 0 Å². The Balaban J connectivity index is 2.59. The monoisotopic (exact) mass is 162 g/mol. The van der Waals surface area contributed by atoms with Crippen molar-refractivity contribution in [2.24, 2.45) is 0 Å². The van der Waals surface area contributed by atoms with E-state index in [1.54, 1.807) is 0 Å². The molecule has 1 aliphatic rings. The highest BCUT2D eigenvalue weighted by molar-refractivity contribution is 5.85. The topological polar surface area (TPSA) is 76.0 Å².